The van der Waals surface area contributed by atoms with Gasteiger partial charge < -0.3 is 18.8 Å². The second-order valence-electron chi connectivity index (χ2n) is 9.53. The van der Waals surface area contributed by atoms with Gasteiger partial charge in [-0.2, -0.15) is 0 Å². The summed E-state index contributed by atoms with van der Waals surface area (Å²) in [4.78, 5) is 34.4. The Labute approximate surface area is 219 Å². The average Bonchev–Trinajstić information content (AvgIpc) is 3.48. The normalized spacial score (nSPS) is 18.1. The monoisotopic (exact) mass is 521 g/mol. The van der Waals surface area contributed by atoms with Crippen molar-refractivity contribution in [3.8, 4) is 5.75 Å². The van der Waals surface area contributed by atoms with E-state index in [1.807, 2.05) is 36.4 Å². The van der Waals surface area contributed by atoms with E-state index in [9.17, 15) is 9.59 Å². The number of allylic oxidation sites excluding steroid dienone is 1. The van der Waals surface area contributed by atoms with Crippen molar-refractivity contribution in [3.63, 3.8) is 0 Å². The van der Waals surface area contributed by atoms with Crippen molar-refractivity contribution < 1.29 is 18.7 Å². The highest BCUT2D eigenvalue weighted by Crippen LogP contribution is 2.32. The molecule has 2 aliphatic heterocycles. The number of esters is 1. The summed E-state index contributed by atoms with van der Waals surface area (Å²) in [7, 11) is 1.60. The predicted octanol–water partition coefficient (Wildman–Crippen LogP) is 3.78. The van der Waals surface area contributed by atoms with Gasteiger partial charge in [0.15, 0.2) is 10.7 Å². The zero-order valence-electron chi connectivity index (χ0n) is 21.5. The van der Waals surface area contributed by atoms with Crippen LogP contribution in [0.25, 0.3) is 6.08 Å². The second kappa shape index (κ2) is 10.4. The van der Waals surface area contributed by atoms with Crippen LogP contribution in [0, 0.1) is 0 Å². The van der Waals surface area contributed by atoms with Gasteiger partial charge in [0.25, 0.3) is 5.56 Å². The lowest BCUT2D eigenvalue weighted by molar-refractivity contribution is -0.143. The fraction of sp³-hybridized carbons (Fsp3) is 0.393. The average molecular weight is 522 g/mol. The number of thiazole rings is 1. The Morgan fingerprint density at radius 3 is 2.54 bits per heavy atom. The molecule has 1 aromatic carbocycles. The summed E-state index contributed by atoms with van der Waals surface area (Å²) in [5.41, 5.74) is 1.42. The number of anilines is 1. The Morgan fingerprint density at radius 2 is 1.86 bits per heavy atom. The smallest absolute Gasteiger partial charge is 0.338 e. The number of hydrogen-bond acceptors (Lipinski definition) is 8. The van der Waals surface area contributed by atoms with Crippen molar-refractivity contribution in [2.75, 3.05) is 25.1 Å². The van der Waals surface area contributed by atoms with Crippen molar-refractivity contribution in [2.45, 2.75) is 52.2 Å². The Hall–Kier alpha value is -3.59. The van der Waals surface area contributed by atoms with E-state index in [0.29, 0.717) is 32.1 Å². The number of ether oxygens (including phenoxy) is 2. The quantitative estimate of drug-likeness (QED) is 0.459. The number of rotatable bonds is 6. The molecule has 0 saturated carbocycles. The first kappa shape index (κ1) is 25.1. The molecule has 1 fully saturated rings. The summed E-state index contributed by atoms with van der Waals surface area (Å²) >= 11 is 1.28. The minimum Gasteiger partial charge on any atom is -0.497 e. The summed E-state index contributed by atoms with van der Waals surface area (Å²) in [5, 5.41) is 0. The topological polar surface area (TPSA) is 86.3 Å². The van der Waals surface area contributed by atoms with E-state index in [1.54, 1.807) is 38.5 Å². The minimum absolute atomic E-state index is 0.233. The number of methoxy groups -OCH3 is 1. The number of furan rings is 1. The van der Waals surface area contributed by atoms with Crippen LogP contribution in [0.1, 0.15) is 57.4 Å². The molecule has 0 aliphatic carbocycles. The Kier molecular flexibility index (Phi) is 7.06. The summed E-state index contributed by atoms with van der Waals surface area (Å²) in [6.07, 6.45) is 5.00. The zero-order valence-corrected chi connectivity index (χ0v) is 22.3. The third-order valence-electron chi connectivity index (χ3n) is 6.57. The van der Waals surface area contributed by atoms with E-state index in [2.05, 4.69) is 9.89 Å². The predicted molar refractivity (Wildman–Crippen MR) is 143 cm³/mol. The van der Waals surface area contributed by atoms with E-state index in [4.69, 9.17) is 13.9 Å². The van der Waals surface area contributed by atoms with Crippen LogP contribution in [-0.2, 0) is 9.53 Å². The zero-order chi connectivity index (χ0) is 26.1. The lowest BCUT2D eigenvalue weighted by Crippen LogP contribution is -2.40. The molecule has 2 aromatic heterocycles. The number of hydrogen-bond donors (Lipinski definition) is 0. The lowest BCUT2D eigenvalue weighted by atomic mass is 9.96. The molecule has 3 aromatic rings. The van der Waals surface area contributed by atoms with Crippen LogP contribution < -0.4 is 24.5 Å². The van der Waals surface area contributed by atoms with E-state index < -0.39 is 12.0 Å². The first-order valence-corrected chi connectivity index (χ1v) is 13.4. The molecule has 9 heteroatoms. The summed E-state index contributed by atoms with van der Waals surface area (Å²) < 4.78 is 19.0. The van der Waals surface area contributed by atoms with Crippen LogP contribution in [0.3, 0.4) is 0 Å². The molecule has 0 spiro atoms. The van der Waals surface area contributed by atoms with E-state index in [-0.39, 0.29) is 11.7 Å². The third kappa shape index (κ3) is 5.00. The fourth-order valence-corrected chi connectivity index (χ4v) is 5.82. The van der Waals surface area contributed by atoms with Crippen LogP contribution >= 0.6 is 11.3 Å². The van der Waals surface area contributed by atoms with Gasteiger partial charge in [0.1, 0.15) is 11.5 Å². The molecule has 194 valence electrons. The molecule has 2 aliphatic rings. The number of nitrogens with zero attached hydrogens (tertiary/aromatic N) is 3. The molecular weight excluding hydrogens is 490 g/mol. The minimum atomic E-state index is -0.670. The SMILES string of the molecule is COc1ccc(C2C(C(=O)OC(C)C)=C(C)N=c3s/c(=C/c4ccc(N5CCCCC5)o4)c(=O)n32)cc1. The number of piperidine rings is 1. The molecule has 37 heavy (non-hydrogen) atoms. The lowest BCUT2D eigenvalue weighted by Gasteiger charge is -2.25. The summed E-state index contributed by atoms with van der Waals surface area (Å²) in [6.45, 7) is 7.33. The molecule has 5 rings (SSSR count). The largest absolute Gasteiger partial charge is 0.497 e. The Morgan fingerprint density at radius 1 is 1.14 bits per heavy atom. The molecule has 0 bridgehead atoms. The van der Waals surface area contributed by atoms with Crippen LogP contribution in [0.15, 0.2) is 61.9 Å². The molecular formula is C28H31N3O5S. The third-order valence-corrected chi connectivity index (χ3v) is 7.55. The van der Waals surface area contributed by atoms with Crippen LogP contribution in [-0.4, -0.2) is 36.8 Å². The van der Waals surface area contributed by atoms with Crippen LogP contribution in [0.2, 0.25) is 0 Å². The summed E-state index contributed by atoms with van der Waals surface area (Å²) in [5.74, 6) is 1.64. The first-order valence-electron chi connectivity index (χ1n) is 12.6. The molecule has 0 N–H and O–H groups in total. The summed E-state index contributed by atoms with van der Waals surface area (Å²) in [6, 6.07) is 10.5. The van der Waals surface area contributed by atoms with Gasteiger partial charge in [-0.3, -0.25) is 9.36 Å². The molecule has 0 amide bonds. The van der Waals surface area contributed by atoms with Gasteiger partial charge in [-0.1, -0.05) is 23.5 Å². The highest BCUT2D eigenvalue weighted by atomic mass is 32.1. The number of fused-ring (bicyclic) bond motifs is 1. The van der Waals surface area contributed by atoms with E-state index in [1.165, 1.54) is 17.8 Å². The van der Waals surface area contributed by atoms with Crippen molar-refractivity contribution >= 4 is 29.3 Å². The molecule has 1 unspecified atom stereocenters. The van der Waals surface area contributed by atoms with Gasteiger partial charge in [-0.15, -0.1) is 0 Å². The van der Waals surface area contributed by atoms with E-state index >= 15 is 0 Å². The number of carbonyl (C=O) groups is 1. The molecule has 1 atom stereocenters. The van der Waals surface area contributed by atoms with Gasteiger partial charge in [0.05, 0.1) is 35.1 Å². The first-order chi connectivity index (χ1) is 17.9. The van der Waals surface area contributed by atoms with Crippen LogP contribution in [0.5, 0.6) is 5.75 Å². The molecule has 0 radical (unpaired) electrons. The number of carbonyl (C=O) groups excluding carboxylic acids is 1. The van der Waals surface area contributed by atoms with Crippen molar-refractivity contribution in [3.05, 3.63) is 78.7 Å². The highest BCUT2D eigenvalue weighted by molar-refractivity contribution is 7.07. The number of benzene rings is 1. The maximum atomic E-state index is 13.8. The van der Waals surface area contributed by atoms with Gasteiger partial charge in [0.2, 0.25) is 0 Å². The van der Waals surface area contributed by atoms with Crippen molar-refractivity contribution in [1.29, 1.82) is 0 Å². The molecule has 4 heterocycles. The highest BCUT2D eigenvalue weighted by Gasteiger charge is 2.33. The molecule has 8 nitrogen and oxygen atoms in total. The standard InChI is InChI=1S/C28H31N3O5S/c1-17(2)35-27(33)24-18(3)29-28-31(25(24)19-8-10-20(34-4)11-9-19)26(32)22(37-28)16-21-12-13-23(36-21)30-14-6-5-7-15-30/h8-13,16-17,25H,5-7,14-15H2,1-4H3/b22-16+. The van der Waals surface area contributed by atoms with Crippen molar-refractivity contribution in [1.82, 2.24) is 4.57 Å². The maximum Gasteiger partial charge on any atom is 0.338 e. The van der Waals surface area contributed by atoms with Gasteiger partial charge in [-0.05, 0) is 63.8 Å². The maximum absolute atomic E-state index is 13.8. The Balaban J connectivity index is 1.60. The Bertz CT molecular complexity index is 1500. The van der Waals surface area contributed by atoms with Gasteiger partial charge >= 0.3 is 5.97 Å². The molecule has 1 saturated heterocycles. The van der Waals surface area contributed by atoms with Crippen molar-refractivity contribution in [2.24, 2.45) is 4.99 Å². The number of aromatic nitrogens is 1. The fourth-order valence-electron chi connectivity index (χ4n) is 4.80. The van der Waals surface area contributed by atoms with E-state index in [0.717, 1.165) is 37.4 Å². The van der Waals surface area contributed by atoms with Crippen LogP contribution in [0.4, 0.5) is 5.88 Å². The van der Waals surface area contributed by atoms with Gasteiger partial charge in [-0.25, -0.2) is 9.79 Å². The second-order valence-corrected chi connectivity index (χ2v) is 10.5. The van der Waals surface area contributed by atoms with Gasteiger partial charge in [0, 0.05) is 25.2 Å².